The maximum atomic E-state index is 12.6. The van der Waals surface area contributed by atoms with Gasteiger partial charge < -0.3 is 7.10 Å². The Balaban J connectivity index is 1.38. The summed E-state index contributed by atoms with van der Waals surface area (Å²) in [6.45, 7) is 0. The Hall–Kier alpha value is -4.34. The third-order valence-corrected chi connectivity index (χ3v) is 14.9. The van der Waals surface area contributed by atoms with Gasteiger partial charge >= 0.3 is 13.7 Å². The molecule has 10 rings (SSSR count). The molecule has 0 amide bonds. The van der Waals surface area contributed by atoms with Crippen molar-refractivity contribution in [2.75, 3.05) is 0 Å². The fourth-order valence-electron chi connectivity index (χ4n) is 6.97. The zero-order valence-electron chi connectivity index (χ0n) is 28.1. The van der Waals surface area contributed by atoms with Gasteiger partial charge in [0.1, 0.15) is 22.6 Å². The van der Waals surface area contributed by atoms with Crippen LogP contribution < -0.4 is 11.0 Å². The first kappa shape index (κ1) is 37.9. The maximum Gasteiger partial charge on any atom is 0.722 e. The lowest BCUT2D eigenvalue weighted by atomic mass is 10.1. The Bertz CT molecular complexity index is 3180. The van der Waals surface area contributed by atoms with Crippen LogP contribution >= 0.6 is 46.2 Å². The van der Waals surface area contributed by atoms with E-state index in [4.69, 9.17) is 68.8 Å². The van der Waals surface area contributed by atoms with Gasteiger partial charge in [0.25, 0.3) is 10.1 Å². The van der Waals surface area contributed by atoms with E-state index in [1.165, 1.54) is 18.2 Å². The molecule has 4 aliphatic rings. The number of aliphatic imine (C=N–C) groups is 4. The van der Waals surface area contributed by atoms with E-state index in [0.29, 0.717) is 64.1 Å². The third kappa shape index (κ3) is 6.25. The second-order valence-corrected chi connectivity index (χ2v) is 18.9. The number of rotatable bonds is 10. The summed E-state index contributed by atoms with van der Waals surface area (Å²) in [7, 11) is 3.11. The second-order valence-electron chi connectivity index (χ2n) is 12.3. The van der Waals surface area contributed by atoms with Crippen molar-refractivity contribution in [1.82, 2.24) is 7.10 Å². The fraction of sp³-hybridized carbons (Fsp3) is 0. The normalized spacial score (nSPS) is 15.0. The van der Waals surface area contributed by atoms with E-state index in [9.17, 15) is 13.0 Å². The third-order valence-electron chi connectivity index (χ3n) is 9.28. The number of amidine groups is 4. The topological polar surface area (TPSA) is 254 Å². The number of fused-ring (bicyclic) bond motifs is 14. The van der Waals surface area contributed by atoms with E-state index in [-0.39, 0.29) is 40.4 Å². The molecule has 58 heavy (non-hydrogen) atoms. The average molecular weight is 895 g/mol. The number of aromatic nitrogens is 2. The molecule has 0 saturated heterocycles. The van der Waals surface area contributed by atoms with E-state index in [1.807, 2.05) is 0 Å². The standard InChI is InChI=1S/C32H16N8O12S4.Al.ClH/c41-47-50-53-13-1-5-17-21(9-13)29-33-25(17)35-30-23-11-15(55-52-49-43)3-7-19(23)27(37-30)39-32-24-12-16(56(44,45)46)4-8-20(24)28(40-32)38-31-22-10-14(54-51-48-42)2-6-18(22)26(34-29)36-31;;/h1-12H,(H4-2,33,34,35,36,37,38,39,40,41,42,43,44,45,46);;1H/q-2;+3;/p-1. The van der Waals surface area contributed by atoms with Crippen LogP contribution in [0.3, 0.4) is 0 Å². The fourth-order valence-corrected chi connectivity index (χ4v) is 11.6. The van der Waals surface area contributed by atoms with Crippen LogP contribution in [-0.4, -0.2) is 72.9 Å². The van der Waals surface area contributed by atoms with Gasteiger partial charge in [-0.15, -0.1) is 13.0 Å². The highest BCUT2D eigenvalue weighted by Gasteiger charge is 2.39. The van der Waals surface area contributed by atoms with E-state index in [0.717, 1.165) is 36.1 Å². The lowest BCUT2D eigenvalue weighted by molar-refractivity contribution is -0.432. The van der Waals surface area contributed by atoms with Crippen molar-refractivity contribution in [3.63, 3.8) is 0 Å². The van der Waals surface area contributed by atoms with Crippen LogP contribution in [-0.2, 0) is 38.2 Å². The summed E-state index contributed by atoms with van der Waals surface area (Å²) in [5.74, 6) is 1.29. The van der Waals surface area contributed by atoms with Crippen molar-refractivity contribution in [3.8, 4) is 0 Å². The van der Waals surface area contributed by atoms with Crippen LogP contribution in [0.15, 0.2) is 122 Å². The van der Waals surface area contributed by atoms with Crippen LogP contribution in [0.1, 0.15) is 22.3 Å². The molecule has 6 aromatic rings. The average Bonchev–Trinajstić information content (AvgIpc) is 3.92. The number of hydrogen-bond acceptors (Lipinski definition) is 20. The molecule has 0 spiro atoms. The lowest BCUT2D eigenvalue weighted by Crippen LogP contribution is -2.43. The van der Waals surface area contributed by atoms with Gasteiger partial charge in [0.2, 0.25) is 0 Å². The molecule has 4 aliphatic heterocycles. The van der Waals surface area contributed by atoms with Gasteiger partial charge in [-0.2, -0.15) is 18.5 Å². The number of hydrogen-bond donors (Lipinski definition) is 4. The number of nitrogens with zero attached hydrogens (tertiary/aromatic N) is 8. The molecule has 0 unspecified atom stereocenters. The van der Waals surface area contributed by atoms with Crippen LogP contribution in [0.5, 0.6) is 0 Å². The van der Waals surface area contributed by atoms with Crippen molar-refractivity contribution < 1.29 is 56.9 Å². The monoisotopic (exact) mass is 894 g/mol. The minimum Gasteiger partial charge on any atom is -0.370 e. The van der Waals surface area contributed by atoms with Crippen LogP contribution in [0.4, 0.5) is 11.6 Å². The van der Waals surface area contributed by atoms with Gasteiger partial charge in [-0.3, -0.25) is 4.55 Å². The van der Waals surface area contributed by atoms with Gasteiger partial charge in [0, 0.05) is 58.5 Å². The largest absolute Gasteiger partial charge is 0.722 e. The molecular weight excluding hydrogens is 879 g/mol. The molecule has 6 bridgehead atoms. The minimum atomic E-state index is -4.70. The minimum absolute atomic E-state index is 0.162. The van der Waals surface area contributed by atoms with Crippen molar-refractivity contribution >= 4 is 126 Å². The molecule has 26 heteroatoms. The zero-order chi connectivity index (χ0) is 39.9. The number of benzene rings is 4. The summed E-state index contributed by atoms with van der Waals surface area (Å²) < 4.78 is 52.9. The van der Waals surface area contributed by atoms with Gasteiger partial charge in [0.15, 0.2) is 23.3 Å². The zero-order valence-corrected chi connectivity index (χ0v) is 33.3. The summed E-state index contributed by atoms with van der Waals surface area (Å²) in [4.78, 5) is 31.2. The lowest BCUT2D eigenvalue weighted by Gasteiger charge is -2.15. The number of halogens is 1. The molecule has 0 fully saturated rings. The molecule has 0 atom stereocenters. The predicted molar refractivity (Wildman–Crippen MR) is 209 cm³/mol. The molecule has 0 aliphatic carbocycles. The van der Waals surface area contributed by atoms with Crippen molar-refractivity contribution in [1.29, 1.82) is 0 Å². The first-order valence-electron chi connectivity index (χ1n) is 16.1. The molecule has 4 aromatic carbocycles. The Morgan fingerprint density at radius 2 is 1.02 bits per heavy atom. The Kier molecular flexibility index (Phi) is 9.63. The van der Waals surface area contributed by atoms with Crippen molar-refractivity contribution in [2.45, 2.75) is 19.6 Å². The maximum absolute atomic E-state index is 12.6. The first-order chi connectivity index (χ1) is 28.1. The highest BCUT2D eigenvalue weighted by Crippen LogP contribution is 2.43. The second kappa shape index (κ2) is 14.7. The van der Waals surface area contributed by atoms with Gasteiger partial charge in [-0.05, 0) is 72.8 Å². The molecule has 6 heterocycles. The molecule has 20 nitrogen and oxygen atoms in total. The van der Waals surface area contributed by atoms with E-state index in [2.05, 4.69) is 15.1 Å². The van der Waals surface area contributed by atoms with E-state index >= 15 is 0 Å². The Morgan fingerprint density at radius 1 is 0.534 bits per heavy atom. The Morgan fingerprint density at radius 3 is 1.60 bits per heavy atom. The molecule has 2 aromatic heterocycles. The van der Waals surface area contributed by atoms with Crippen molar-refractivity contribution in [3.05, 3.63) is 106 Å². The summed E-state index contributed by atoms with van der Waals surface area (Å²) in [6.07, 6.45) is 0. The van der Waals surface area contributed by atoms with Crippen LogP contribution in [0.25, 0.3) is 21.5 Å². The first-order valence-corrected chi connectivity index (χ1v) is 22.6. The van der Waals surface area contributed by atoms with Crippen molar-refractivity contribution in [2.24, 2.45) is 30.0 Å². The van der Waals surface area contributed by atoms with Gasteiger partial charge in [-0.1, -0.05) is 15.1 Å². The van der Waals surface area contributed by atoms with Crippen LogP contribution in [0, 0.1) is 0 Å². The molecule has 4 N–H and O–H groups in total. The Labute approximate surface area is 344 Å². The van der Waals surface area contributed by atoms with E-state index in [1.54, 1.807) is 61.7 Å². The molecule has 290 valence electrons. The van der Waals surface area contributed by atoms with E-state index < -0.39 is 28.7 Å². The summed E-state index contributed by atoms with van der Waals surface area (Å²) in [6, 6.07) is 19.6. The molecule has 0 saturated carbocycles. The molecule has 0 radical (unpaired) electrons. The highest BCUT2D eigenvalue weighted by atomic mass is 35.6. The quantitative estimate of drug-likeness (QED) is 0.0424. The SMILES string of the molecule is O=S(=O)(O)c1ccc2c3[n]4c(c2c1)N=C1N=C(N=c2c5ccc(SOOO)cc5c([n]2[Al]4[Cl])=NC2=NC(=N3)c3cc(SOOO)ccc32)c2cc(SOOO)ccc21. The van der Waals surface area contributed by atoms with Gasteiger partial charge in [-0.25, -0.2) is 45.7 Å². The summed E-state index contributed by atoms with van der Waals surface area (Å²) >= 11 is -1.10. The summed E-state index contributed by atoms with van der Waals surface area (Å²) in [5.41, 5.74) is 2.80. The summed E-state index contributed by atoms with van der Waals surface area (Å²) in [5, 5.41) is 39.8. The predicted octanol–water partition coefficient (Wildman–Crippen LogP) is 5.69. The van der Waals surface area contributed by atoms with Gasteiger partial charge in [0.05, 0.1) is 41.0 Å². The highest BCUT2D eigenvalue weighted by molar-refractivity contribution is 7.95. The molecular formula is C32H16AlClN8O12S4. The van der Waals surface area contributed by atoms with Crippen LogP contribution in [0.2, 0.25) is 0 Å². The smallest absolute Gasteiger partial charge is 0.370 e.